The maximum absolute atomic E-state index is 12.8. The summed E-state index contributed by atoms with van der Waals surface area (Å²) in [5, 5.41) is 2.50. The van der Waals surface area contributed by atoms with Crippen LogP contribution < -0.4 is 9.88 Å². The van der Waals surface area contributed by atoms with E-state index in [1.54, 1.807) is 6.08 Å². The van der Waals surface area contributed by atoms with Crippen LogP contribution in [0.15, 0.2) is 73.1 Å². The Morgan fingerprint density at radius 3 is 2.45 bits per heavy atom. The van der Waals surface area contributed by atoms with Gasteiger partial charge in [-0.15, -0.1) is 0 Å². The molecule has 1 N–H and O–H groups in total. The van der Waals surface area contributed by atoms with E-state index in [1.807, 2.05) is 23.4 Å². The molecule has 1 amide bonds. The molecule has 0 aliphatic carbocycles. The summed E-state index contributed by atoms with van der Waals surface area (Å²) < 4.78 is 2.34. The third-order valence-corrected chi connectivity index (χ3v) is 6.19. The highest BCUT2D eigenvalue weighted by Crippen LogP contribution is 2.30. The molecule has 1 saturated heterocycles. The van der Waals surface area contributed by atoms with Crippen LogP contribution in [0.1, 0.15) is 12.5 Å². The SMILES string of the molecule is CCn1c2ccccc2c2cc(/C=C/C(=O)N3CCN(c4cc[nH+]cc4)CC3)ccc21. The molecule has 2 aromatic heterocycles. The highest BCUT2D eigenvalue weighted by Gasteiger charge is 2.20. The molecule has 5 nitrogen and oxygen atoms in total. The van der Waals surface area contributed by atoms with Crippen molar-refractivity contribution < 1.29 is 9.78 Å². The molecule has 1 aliphatic heterocycles. The average Bonchev–Trinajstić information content (AvgIpc) is 3.16. The molecule has 1 aliphatic rings. The van der Waals surface area contributed by atoms with Crippen molar-refractivity contribution in [1.82, 2.24) is 9.47 Å². The van der Waals surface area contributed by atoms with Crippen molar-refractivity contribution in [3.05, 3.63) is 78.6 Å². The van der Waals surface area contributed by atoms with Crippen LogP contribution in [0.25, 0.3) is 27.9 Å². The van der Waals surface area contributed by atoms with Gasteiger partial charge in [0.15, 0.2) is 12.4 Å². The minimum atomic E-state index is 0.0807. The first kappa shape index (κ1) is 19.4. The summed E-state index contributed by atoms with van der Waals surface area (Å²) in [4.78, 5) is 20.1. The van der Waals surface area contributed by atoms with Gasteiger partial charge in [0, 0.05) is 78.4 Å². The number of pyridine rings is 1. The first-order valence-electron chi connectivity index (χ1n) is 10.9. The zero-order chi connectivity index (χ0) is 21.2. The number of hydrogen-bond donors (Lipinski definition) is 0. The zero-order valence-electron chi connectivity index (χ0n) is 17.8. The number of anilines is 1. The number of hydrogen-bond acceptors (Lipinski definition) is 2. The van der Waals surface area contributed by atoms with E-state index in [-0.39, 0.29) is 5.91 Å². The number of aromatic nitrogens is 2. The smallest absolute Gasteiger partial charge is 0.246 e. The van der Waals surface area contributed by atoms with Gasteiger partial charge in [0.2, 0.25) is 5.91 Å². The first-order valence-corrected chi connectivity index (χ1v) is 10.9. The lowest BCUT2D eigenvalue weighted by atomic mass is 10.1. The standard InChI is InChI=1S/C26H26N4O/c1-2-30-24-6-4-3-5-22(24)23-19-20(7-9-25(23)30)8-10-26(31)29-17-15-28(16-18-29)21-11-13-27-14-12-21/h3-14,19H,2,15-18H2,1H3/p+1/b10-8+. The Morgan fingerprint density at radius 2 is 1.68 bits per heavy atom. The van der Waals surface area contributed by atoms with Crippen molar-refractivity contribution in [2.75, 3.05) is 31.1 Å². The molecule has 0 atom stereocenters. The Balaban J connectivity index is 1.31. The van der Waals surface area contributed by atoms with Crippen LogP contribution in [-0.2, 0) is 11.3 Å². The van der Waals surface area contributed by atoms with E-state index in [1.165, 1.54) is 27.5 Å². The maximum Gasteiger partial charge on any atom is 0.246 e. The number of benzene rings is 2. The summed E-state index contributed by atoms with van der Waals surface area (Å²) in [5.41, 5.74) is 4.74. The molecule has 156 valence electrons. The van der Waals surface area contributed by atoms with Gasteiger partial charge >= 0.3 is 0 Å². The quantitative estimate of drug-likeness (QED) is 0.477. The largest absolute Gasteiger partial charge is 0.368 e. The lowest BCUT2D eigenvalue weighted by Gasteiger charge is -2.35. The molecular formula is C26H27N4O+. The van der Waals surface area contributed by atoms with E-state index in [4.69, 9.17) is 0 Å². The van der Waals surface area contributed by atoms with E-state index in [0.29, 0.717) is 0 Å². The summed E-state index contributed by atoms with van der Waals surface area (Å²) in [7, 11) is 0. The lowest BCUT2D eigenvalue weighted by molar-refractivity contribution is -0.377. The van der Waals surface area contributed by atoms with Crippen LogP contribution in [0, 0.1) is 0 Å². The van der Waals surface area contributed by atoms with Crippen LogP contribution >= 0.6 is 0 Å². The van der Waals surface area contributed by atoms with Gasteiger partial charge in [-0.2, -0.15) is 0 Å². The molecule has 4 aromatic rings. The van der Waals surface area contributed by atoms with Gasteiger partial charge in [-0.3, -0.25) is 4.79 Å². The topological polar surface area (TPSA) is 42.6 Å². The second-order valence-electron chi connectivity index (χ2n) is 7.94. The maximum atomic E-state index is 12.8. The predicted molar refractivity (Wildman–Crippen MR) is 126 cm³/mol. The Bertz CT molecular complexity index is 1250. The number of carbonyl (C=O) groups excluding carboxylic acids is 1. The van der Waals surface area contributed by atoms with Gasteiger partial charge in [-0.1, -0.05) is 24.3 Å². The van der Waals surface area contributed by atoms with E-state index in [2.05, 4.69) is 76.0 Å². The molecule has 5 rings (SSSR count). The van der Waals surface area contributed by atoms with Crippen molar-refractivity contribution >= 4 is 39.5 Å². The fourth-order valence-corrected chi connectivity index (χ4v) is 4.56. The van der Waals surface area contributed by atoms with E-state index in [0.717, 1.165) is 38.3 Å². The number of nitrogens with one attached hydrogen (secondary N) is 1. The van der Waals surface area contributed by atoms with Gasteiger partial charge in [0.05, 0.1) is 0 Å². The molecule has 0 radical (unpaired) electrons. The van der Waals surface area contributed by atoms with Crippen LogP contribution in [0.2, 0.25) is 0 Å². The minimum Gasteiger partial charge on any atom is -0.368 e. The Kier molecular flexibility index (Phi) is 5.16. The number of rotatable bonds is 4. The highest BCUT2D eigenvalue weighted by atomic mass is 16.2. The monoisotopic (exact) mass is 411 g/mol. The fourth-order valence-electron chi connectivity index (χ4n) is 4.56. The van der Waals surface area contributed by atoms with Gasteiger partial charge in [0.25, 0.3) is 0 Å². The summed E-state index contributed by atoms with van der Waals surface area (Å²) in [5.74, 6) is 0.0807. The van der Waals surface area contributed by atoms with Crippen molar-refractivity contribution in [1.29, 1.82) is 0 Å². The molecule has 2 aromatic carbocycles. The van der Waals surface area contributed by atoms with Gasteiger partial charge in [-0.05, 0) is 36.8 Å². The number of piperazine rings is 1. The highest BCUT2D eigenvalue weighted by molar-refractivity contribution is 6.08. The summed E-state index contributed by atoms with van der Waals surface area (Å²) >= 11 is 0. The van der Waals surface area contributed by atoms with Crippen LogP contribution in [-0.4, -0.2) is 41.6 Å². The molecule has 1 fully saturated rings. The van der Waals surface area contributed by atoms with Crippen molar-refractivity contribution in [3.63, 3.8) is 0 Å². The molecule has 0 unspecified atom stereocenters. The van der Waals surface area contributed by atoms with E-state index >= 15 is 0 Å². The summed E-state index contributed by atoms with van der Waals surface area (Å²) in [6, 6.07) is 19.1. The number of H-pyrrole nitrogens is 1. The third-order valence-electron chi connectivity index (χ3n) is 6.19. The zero-order valence-corrected chi connectivity index (χ0v) is 17.8. The molecular weight excluding hydrogens is 384 g/mol. The summed E-state index contributed by atoms with van der Waals surface area (Å²) in [6.45, 7) is 6.30. The molecule has 0 bridgehead atoms. The number of nitrogens with zero attached hydrogens (tertiary/aromatic N) is 3. The molecule has 3 heterocycles. The second kappa shape index (κ2) is 8.26. The number of aromatic amines is 1. The average molecular weight is 412 g/mol. The Labute approximate surface area is 182 Å². The van der Waals surface area contributed by atoms with E-state index in [9.17, 15) is 4.79 Å². The van der Waals surface area contributed by atoms with Gasteiger partial charge in [0.1, 0.15) is 0 Å². The second-order valence-corrected chi connectivity index (χ2v) is 7.94. The van der Waals surface area contributed by atoms with Gasteiger partial charge < -0.3 is 14.4 Å². The Hall–Kier alpha value is -3.60. The van der Waals surface area contributed by atoms with Crippen LogP contribution in [0.4, 0.5) is 5.69 Å². The fraction of sp³-hybridized carbons (Fsp3) is 0.231. The first-order chi connectivity index (χ1) is 15.2. The van der Waals surface area contributed by atoms with Crippen molar-refractivity contribution in [2.45, 2.75) is 13.5 Å². The molecule has 0 saturated carbocycles. The third kappa shape index (κ3) is 3.67. The number of aryl methyl sites for hydroxylation is 1. The molecule has 31 heavy (non-hydrogen) atoms. The number of carbonyl (C=O) groups is 1. The number of amides is 1. The van der Waals surface area contributed by atoms with E-state index < -0.39 is 0 Å². The minimum absolute atomic E-state index is 0.0807. The molecule has 0 spiro atoms. The van der Waals surface area contributed by atoms with Crippen molar-refractivity contribution in [2.24, 2.45) is 0 Å². The number of para-hydroxylation sites is 1. The lowest BCUT2D eigenvalue weighted by Crippen LogP contribution is -2.48. The van der Waals surface area contributed by atoms with Crippen LogP contribution in [0.5, 0.6) is 0 Å². The Morgan fingerprint density at radius 1 is 0.935 bits per heavy atom. The van der Waals surface area contributed by atoms with Crippen molar-refractivity contribution in [3.8, 4) is 0 Å². The molecule has 5 heteroatoms. The van der Waals surface area contributed by atoms with Gasteiger partial charge in [-0.25, -0.2) is 4.98 Å². The summed E-state index contributed by atoms with van der Waals surface area (Å²) in [6.07, 6.45) is 7.53. The van der Waals surface area contributed by atoms with Crippen LogP contribution in [0.3, 0.4) is 0 Å². The number of fused-ring (bicyclic) bond motifs is 3. The normalized spacial score (nSPS) is 14.7. The predicted octanol–water partition coefficient (Wildman–Crippen LogP) is 3.99.